The van der Waals surface area contributed by atoms with Crippen LogP contribution in [0.25, 0.3) is 0 Å². The van der Waals surface area contributed by atoms with Crippen LogP contribution in [0.5, 0.6) is 5.75 Å². The van der Waals surface area contributed by atoms with Gasteiger partial charge >= 0.3 is 0 Å². The van der Waals surface area contributed by atoms with Crippen LogP contribution in [-0.2, 0) is 0 Å². The molecule has 0 aliphatic carbocycles. The van der Waals surface area contributed by atoms with Crippen LogP contribution in [0.4, 0.5) is 14.5 Å². The number of para-hydroxylation sites is 1. The van der Waals surface area contributed by atoms with E-state index in [0.717, 1.165) is 34.5 Å². The molecule has 1 aliphatic rings. The van der Waals surface area contributed by atoms with Crippen molar-refractivity contribution in [2.24, 2.45) is 0 Å². The molecule has 0 saturated heterocycles. The fourth-order valence-corrected chi connectivity index (χ4v) is 4.60. The Kier molecular flexibility index (Phi) is 4.91. The number of rotatable bonds is 4. The van der Waals surface area contributed by atoms with Crippen LogP contribution in [0.2, 0.25) is 0 Å². The van der Waals surface area contributed by atoms with E-state index in [1.54, 1.807) is 0 Å². The minimum atomic E-state index is -1.05. The summed E-state index contributed by atoms with van der Waals surface area (Å²) in [6.45, 7) is 0.534. The lowest BCUT2D eigenvalue weighted by atomic mass is 9.92. The molecule has 0 saturated carbocycles. The van der Waals surface area contributed by atoms with E-state index in [2.05, 4.69) is 29.2 Å². The molecule has 2 nitrogen and oxygen atoms in total. The number of anilines is 1. The number of aromatic hydroxyl groups is 1. The standard InChI is InChI=1S/C27H21F2NO/c28-23-15-21(26(31)16-24(23)29)22-17-30(25-14-8-7-13-20(22)25)27(18-9-3-1-4-10-18)19-11-5-2-6-12-19/h1-16,22,27,31H,17H2. The molecule has 1 N–H and O–H groups in total. The van der Waals surface area contributed by atoms with Gasteiger partial charge in [0.15, 0.2) is 11.6 Å². The maximum absolute atomic E-state index is 14.1. The van der Waals surface area contributed by atoms with Crippen LogP contribution in [0, 0.1) is 11.6 Å². The minimum Gasteiger partial charge on any atom is -0.508 e. The number of halogens is 2. The summed E-state index contributed by atoms with van der Waals surface area (Å²) in [5, 5.41) is 10.4. The summed E-state index contributed by atoms with van der Waals surface area (Å²) in [5.74, 6) is -2.50. The molecular formula is C27H21F2NO. The molecule has 0 radical (unpaired) electrons. The molecular weight excluding hydrogens is 392 g/mol. The number of phenolic OH excluding ortho intramolecular Hbond substituents is 1. The maximum atomic E-state index is 14.1. The predicted molar refractivity (Wildman–Crippen MR) is 118 cm³/mol. The number of hydrogen-bond donors (Lipinski definition) is 1. The van der Waals surface area contributed by atoms with Crippen LogP contribution < -0.4 is 4.90 Å². The molecule has 4 heteroatoms. The van der Waals surface area contributed by atoms with Gasteiger partial charge in [-0.3, -0.25) is 0 Å². The van der Waals surface area contributed by atoms with Gasteiger partial charge in [0.25, 0.3) is 0 Å². The zero-order chi connectivity index (χ0) is 21.4. The number of phenols is 1. The zero-order valence-corrected chi connectivity index (χ0v) is 16.7. The van der Waals surface area contributed by atoms with Gasteiger partial charge in [-0.15, -0.1) is 0 Å². The molecule has 5 rings (SSSR count). The molecule has 1 atom stereocenters. The third-order valence-electron chi connectivity index (χ3n) is 5.99. The van der Waals surface area contributed by atoms with Gasteiger partial charge in [-0.2, -0.15) is 0 Å². The Morgan fingerprint density at radius 3 is 1.90 bits per heavy atom. The molecule has 0 spiro atoms. The van der Waals surface area contributed by atoms with Gasteiger partial charge in [-0.1, -0.05) is 78.9 Å². The van der Waals surface area contributed by atoms with E-state index < -0.39 is 11.6 Å². The highest BCUT2D eigenvalue weighted by molar-refractivity contribution is 5.66. The number of nitrogens with zero attached hydrogens (tertiary/aromatic N) is 1. The summed E-state index contributed by atoms with van der Waals surface area (Å²) in [7, 11) is 0. The topological polar surface area (TPSA) is 23.5 Å². The Balaban J connectivity index is 1.65. The van der Waals surface area contributed by atoms with Crippen molar-refractivity contribution in [1.82, 2.24) is 0 Å². The van der Waals surface area contributed by atoms with Crippen LogP contribution in [0.3, 0.4) is 0 Å². The van der Waals surface area contributed by atoms with Crippen molar-refractivity contribution < 1.29 is 13.9 Å². The van der Waals surface area contributed by atoms with Crippen molar-refractivity contribution in [3.63, 3.8) is 0 Å². The van der Waals surface area contributed by atoms with E-state index in [1.807, 2.05) is 60.7 Å². The molecule has 154 valence electrons. The molecule has 4 aromatic rings. The van der Waals surface area contributed by atoms with Crippen molar-refractivity contribution in [2.45, 2.75) is 12.0 Å². The van der Waals surface area contributed by atoms with E-state index in [0.29, 0.717) is 12.1 Å². The van der Waals surface area contributed by atoms with Crippen molar-refractivity contribution >= 4 is 5.69 Å². The highest BCUT2D eigenvalue weighted by Crippen LogP contribution is 2.47. The van der Waals surface area contributed by atoms with Crippen LogP contribution in [0.15, 0.2) is 97.1 Å². The summed E-state index contributed by atoms with van der Waals surface area (Å²) in [5.41, 5.74) is 4.68. The first-order valence-corrected chi connectivity index (χ1v) is 10.3. The van der Waals surface area contributed by atoms with E-state index >= 15 is 0 Å². The lowest BCUT2D eigenvalue weighted by Crippen LogP contribution is -2.28. The van der Waals surface area contributed by atoms with Gasteiger partial charge < -0.3 is 10.0 Å². The number of fused-ring (bicyclic) bond motifs is 1. The first-order valence-electron chi connectivity index (χ1n) is 10.3. The molecule has 1 aliphatic heterocycles. The summed E-state index contributed by atoms with van der Waals surface area (Å²) < 4.78 is 27.7. The average molecular weight is 413 g/mol. The molecule has 0 aromatic heterocycles. The largest absolute Gasteiger partial charge is 0.508 e. The van der Waals surface area contributed by atoms with Crippen molar-refractivity contribution in [1.29, 1.82) is 0 Å². The summed E-state index contributed by atoms with van der Waals surface area (Å²) in [4.78, 5) is 2.28. The first-order chi connectivity index (χ1) is 15.1. The Bertz CT molecular complexity index is 1170. The third kappa shape index (κ3) is 3.44. The van der Waals surface area contributed by atoms with Crippen LogP contribution in [0.1, 0.15) is 34.2 Å². The van der Waals surface area contributed by atoms with Gasteiger partial charge in [0.05, 0.1) is 6.04 Å². The number of hydrogen-bond acceptors (Lipinski definition) is 2. The van der Waals surface area contributed by atoms with Crippen molar-refractivity contribution in [3.05, 3.63) is 131 Å². The van der Waals surface area contributed by atoms with E-state index in [9.17, 15) is 13.9 Å². The quantitative estimate of drug-likeness (QED) is 0.418. The summed E-state index contributed by atoms with van der Waals surface area (Å²) >= 11 is 0. The molecule has 0 fully saturated rings. The van der Waals surface area contributed by atoms with Crippen molar-refractivity contribution in [3.8, 4) is 5.75 Å². The van der Waals surface area contributed by atoms with E-state index in [-0.39, 0.29) is 17.7 Å². The SMILES string of the molecule is Oc1cc(F)c(F)cc1C1CN(C(c2ccccc2)c2ccccc2)c2ccccc21. The minimum absolute atomic E-state index is 0.0546. The smallest absolute Gasteiger partial charge is 0.162 e. The Morgan fingerprint density at radius 1 is 0.710 bits per heavy atom. The highest BCUT2D eigenvalue weighted by Gasteiger charge is 2.36. The van der Waals surface area contributed by atoms with Crippen molar-refractivity contribution in [2.75, 3.05) is 11.4 Å². The zero-order valence-electron chi connectivity index (χ0n) is 16.7. The lowest BCUT2D eigenvalue weighted by Gasteiger charge is -2.32. The monoisotopic (exact) mass is 413 g/mol. The fraction of sp³-hybridized carbons (Fsp3) is 0.111. The second-order valence-electron chi connectivity index (χ2n) is 7.81. The molecule has 31 heavy (non-hydrogen) atoms. The average Bonchev–Trinajstić information content (AvgIpc) is 3.17. The normalized spacial score (nSPS) is 15.3. The Morgan fingerprint density at radius 2 is 1.26 bits per heavy atom. The van der Waals surface area contributed by atoms with Gasteiger partial charge in [-0.05, 0) is 28.8 Å². The highest BCUT2D eigenvalue weighted by atomic mass is 19.2. The van der Waals surface area contributed by atoms with Crippen LogP contribution >= 0.6 is 0 Å². The Labute approximate surface area is 180 Å². The maximum Gasteiger partial charge on any atom is 0.162 e. The number of benzene rings is 4. The van der Waals surface area contributed by atoms with E-state index in [4.69, 9.17) is 0 Å². The second-order valence-corrected chi connectivity index (χ2v) is 7.81. The second kappa shape index (κ2) is 7.88. The van der Waals surface area contributed by atoms with Gasteiger partial charge in [0.2, 0.25) is 0 Å². The summed E-state index contributed by atoms with van der Waals surface area (Å²) in [6.07, 6.45) is 0. The first kappa shape index (κ1) is 19.3. The third-order valence-corrected chi connectivity index (χ3v) is 5.99. The Hall–Kier alpha value is -3.66. The fourth-order valence-electron chi connectivity index (χ4n) is 4.60. The van der Waals surface area contributed by atoms with Gasteiger partial charge in [0.1, 0.15) is 5.75 Å². The molecule has 1 heterocycles. The predicted octanol–water partition coefficient (Wildman–Crippen LogP) is 6.41. The van der Waals surface area contributed by atoms with Gasteiger partial charge in [0, 0.05) is 29.8 Å². The molecule has 0 amide bonds. The van der Waals surface area contributed by atoms with Crippen LogP contribution in [-0.4, -0.2) is 11.7 Å². The summed E-state index contributed by atoms with van der Waals surface area (Å²) in [6, 6.07) is 30.3. The molecule has 0 bridgehead atoms. The van der Waals surface area contributed by atoms with E-state index in [1.165, 1.54) is 0 Å². The molecule has 4 aromatic carbocycles. The molecule has 1 unspecified atom stereocenters. The lowest BCUT2D eigenvalue weighted by molar-refractivity contribution is 0.444. The van der Waals surface area contributed by atoms with Gasteiger partial charge in [-0.25, -0.2) is 8.78 Å².